The third-order valence-corrected chi connectivity index (χ3v) is 2.47. The lowest BCUT2D eigenvalue weighted by Crippen LogP contribution is -2.25. The van der Waals surface area contributed by atoms with Crippen LogP contribution in [0.25, 0.3) is 0 Å². The normalized spacial score (nSPS) is 10.1. The van der Waals surface area contributed by atoms with Gasteiger partial charge in [-0.15, -0.1) is 0 Å². The van der Waals surface area contributed by atoms with E-state index in [1.165, 1.54) is 18.6 Å². The Bertz CT molecular complexity index is 142. The summed E-state index contributed by atoms with van der Waals surface area (Å²) < 4.78 is 4.78. The van der Waals surface area contributed by atoms with Gasteiger partial charge in [-0.1, -0.05) is 6.42 Å². The zero-order valence-electron chi connectivity index (χ0n) is 9.17. The molecular weight excluding hydrogens is 198 g/mol. The maximum atomic E-state index is 10.9. The lowest BCUT2D eigenvalue weighted by atomic mass is 10.2. The number of hydrogen-bond donors (Lipinski definition) is 1. The molecular formula is C10H21NO2S. The largest absolute Gasteiger partial charge is 0.465 e. The molecule has 0 radical (unpaired) electrons. The number of nitrogens with one attached hydrogen (secondary N) is 1. The lowest BCUT2D eigenvalue weighted by Gasteiger charge is -2.04. The van der Waals surface area contributed by atoms with E-state index < -0.39 is 0 Å². The fourth-order valence-corrected chi connectivity index (χ4v) is 1.57. The SMILES string of the molecule is CCOC(=O)CNCCCCCSC. The Morgan fingerprint density at radius 1 is 1.36 bits per heavy atom. The van der Waals surface area contributed by atoms with Crippen LogP contribution in [-0.2, 0) is 9.53 Å². The zero-order valence-corrected chi connectivity index (χ0v) is 9.99. The Balaban J connectivity index is 3.01. The van der Waals surface area contributed by atoms with Crippen molar-refractivity contribution in [3.05, 3.63) is 0 Å². The molecule has 84 valence electrons. The first-order valence-electron chi connectivity index (χ1n) is 5.16. The molecule has 0 amide bonds. The van der Waals surface area contributed by atoms with E-state index in [9.17, 15) is 4.79 Å². The van der Waals surface area contributed by atoms with Gasteiger partial charge in [0.2, 0.25) is 0 Å². The zero-order chi connectivity index (χ0) is 10.6. The summed E-state index contributed by atoms with van der Waals surface area (Å²) in [5, 5.41) is 3.07. The number of carbonyl (C=O) groups excluding carboxylic acids is 1. The van der Waals surface area contributed by atoms with Crippen molar-refractivity contribution in [1.29, 1.82) is 0 Å². The number of esters is 1. The van der Waals surface area contributed by atoms with Crippen LogP contribution < -0.4 is 5.32 Å². The van der Waals surface area contributed by atoms with Gasteiger partial charge in [-0.05, 0) is 38.3 Å². The summed E-state index contributed by atoms with van der Waals surface area (Å²) in [6.07, 6.45) is 5.76. The number of ether oxygens (including phenoxy) is 1. The molecule has 0 saturated heterocycles. The molecule has 0 fully saturated rings. The molecule has 0 spiro atoms. The van der Waals surface area contributed by atoms with Crippen LogP contribution >= 0.6 is 11.8 Å². The highest BCUT2D eigenvalue weighted by atomic mass is 32.2. The average molecular weight is 219 g/mol. The van der Waals surface area contributed by atoms with Gasteiger partial charge in [0.15, 0.2) is 0 Å². The Kier molecular flexibility index (Phi) is 10.7. The fourth-order valence-electron chi connectivity index (χ4n) is 1.08. The second kappa shape index (κ2) is 10.9. The molecule has 3 nitrogen and oxygen atoms in total. The van der Waals surface area contributed by atoms with E-state index in [4.69, 9.17) is 4.74 Å². The van der Waals surface area contributed by atoms with Crippen molar-refractivity contribution in [2.24, 2.45) is 0 Å². The van der Waals surface area contributed by atoms with Crippen LogP contribution in [0.5, 0.6) is 0 Å². The van der Waals surface area contributed by atoms with Gasteiger partial charge >= 0.3 is 5.97 Å². The first-order valence-corrected chi connectivity index (χ1v) is 6.56. The number of hydrogen-bond acceptors (Lipinski definition) is 4. The van der Waals surface area contributed by atoms with E-state index in [-0.39, 0.29) is 5.97 Å². The fraction of sp³-hybridized carbons (Fsp3) is 0.900. The summed E-state index contributed by atoms with van der Waals surface area (Å²) in [4.78, 5) is 10.9. The van der Waals surface area contributed by atoms with Crippen LogP contribution in [0.1, 0.15) is 26.2 Å². The minimum absolute atomic E-state index is 0.156. The molecule has 0 heterocycles. The van der Waals surface area contributed by atoms with E-state index in [0.717, 1.165) is 13.0 Å². The first-order chi connectivity index (χ1) is 6.81. The van der Waals surface area contributed by atoms with Crippen molar-refractivity contribution in [3.8, 4) is 0 Å². The highest BCUT2D eigenvalue weighted by Gasteiger charge is 1.98. The summed E-state index contributed by atoms with van der Waals surface area (Å²) in [5.41, 5.74) is 0. The van der Waals surface area contributed by atoms with Crippen LogP contribution in [0.3, 0.4) is 0 Å². The van der Waals surface area contributed by atoms with E-state index in [1.807, 2.05) is 18.7 Å². The number of rotatable bonds is 9. The summed E-state index contributed by atoms with van der Waals surface area (Å²) in [6, 6.07) is 0. The van der Waals surface area contributed by atoms with Gasteiger partial charge in [0.05, 0.1) is 13.2 Å². The molecule has 0 aromatic rings. The van der Waals surface area contributed by atoms with Crippen LogP contribution in [0.4, 0.5) is 0 Å². The summed E-state index contributed by atoms with van der Waals surface area (Å²) >= 11 is 1.88. The molecule has 0 unspecified atom stereocenters. The predicted molar refractivity (Wildman–Crippen MR) is 61.7 cm³/mol. The van der Waals surface area contributed by atoms with Gasteiger partial charge in [0.25, 0.3) is 0 Å². The second-order valence-electron chi connectivity index (χ2n) is 3.04. The highest BCUT2D eigenvalue weighted by Crippen LogP contribution is 2.00. The maximum absolute atomic E-state index is 10.9. The van der Waals surface area contributed by atoms with Crippen molar-refractivity contribution in [3.63, 3.8) is 0 Å². The molecule has 0 aromatic heterocycles. The standard InChI is InChI=1S/C10H21NO2S/c1-3-13-10(12)9-11-7-5-4-6-8-14-2/h11H,3-9H2,1-2H3. The van der Waals surface area contributed by atoms with E-state index >= 15 is 0 Å². The summed E-state index contributed by atoms with van der Waals surface area (Å²) in [6.45, 7) is 3.54. The van der Waals surface area contributed by atoms with Crippen molar-refractivity contribution >= 4 is 17.7 Å². The molecule has 0 rings (SSSR count). The van der Waals surface area contributed by atoms with Gasteiger partial charge < -0.3 is 10.1 Å². The molecule has 0 aromatic carbocycles. The second-order valence-corrected chi connectivity index (χ2v) is 4.02. The number of unbranched alkanes of at least 4 members (excludes halogenated alkanes) is 2. The van der Waals surface area contributed by atoms with E-state index in [2.05, 4.69) is 11.6 Å². The van der Waals surface area contributed by atoms with Crippen LogP contribution in [-0.4, -0.2) is 37.7 Å². The third kappa shape index (κ3) is 9.86. The lowest BCUT2D eigenvalue weighted by molar-refractivity contribution is -0.141. The highest BCUT2D eigenvalue weighted by molar-refractivity contribution is 7.98. The Morgan fingerprint density at radius 2 is 2.14 bits per heavy atom. The molecule has 0 aliphatic carbocycles. The molecule has 0 bridgehead atoms. The third-order valence-electron chi connectivity index (χ3n) is 1.78. The molecule has 0 aliphatic rings. The van der Waals surface area contributed by atoms with E-state index in [1.54, 1.807) is 0 Å². The van der Waals surface area contributed by atoms with Crippen molar-refractivity contribution < 1.29 is 9.53 Å². The van der Waals surface area contributed by atoms with Crippen LogP contribution in [0.2, 0.25) is 0 Å². The van der Waals surface area contributed by atoms with Gasteiger partial charge in [0, 0.05) is 0 Å². The number of thioether (sulfide) groups is 1. The smallest absolute Gasteiger partial charge is 0.319 e. The molecule has 14 heavy (non-hydrogen) atoms. The van der Waals surface area contributed by atoms with Crippen LogP contribution in [0, 0.1) is 0 Å². The minimum Gasteiger partial charge on any atom is -0.465 e. The van der Waals surface area contributed by atoms with E-state index in [0.29, 0.717) is 13.2 Å². The molecule has 0 aliphatic heterocycles. The summed E-state index contributed by atoms with van der Waals surface area (Å²) in [5.74, 6) is 1.08. The van der Waals surface area contributed by atoms with Crippen molar-refractivity contribution in [2.75, 3.05) is 31.7 Å². The first kappa shape index (κ1) is 13.8. The van der Waals surface area contributed by atoms with Gasteiger partial charge in [-0.3, -0.25) is 4.79 Å². The average Bonchev–Trinajstić information content (AvgIpc) is 2.17. The Labute approximate surface area is 91.0 Å². The maximum Gasteiger partial charge on any atom is 0.319 e. The summed E-state index contributed by atoms with van der Waals surface area (Å²) in [7, 11) is 0. The van der Waals surface area contributed by atoms with Gasteiger partial charge in [0.1, 0.15) is 0 Å². The molecule has 0 atom stereocenters. The Hall–Kier alpha value is -0.220. The molecule has 4 heteroatoms. The monoisotopic (exact) mass is 219 g/mol. The number of carbonyl (C=O) groups is 1. The Morgan fingerprint density at radius 3 is 2.79 bits per heavy atom. The predicted octanol–water partition coefficient (Wildman–Crippen LogP) is 1.67. The van der Waals surface area contributed by atoms with Gasteiger partial charge in [-0.2, -0.15) is 11.8 Å². The van der Waals surface area contributed by atoms with Crippen molar-refractivity contribution in [1.82, 2.24) is 5.32 Å². The molecule has 0 saturated carbocycles. The topological polar surface area (TPSA) is 38.3 Å². The van der Waals surface area contributed by atoms with Crippen LogP contribution in [0.15, 0.2) is 0 Å². The molecule has 1 N–H and O–H groups in total. The minimum atomic E-state index is -0.156. The quantitative estimate of drug-likeness (QED) is 0.473. The van der Waals surface area contributed by atoms with Gasteiger partial charge in [-0.25, -0.2) is 0 Å². The van der Waals surface area contributed by atoms with Crippen molar-refractivity contribution in [2.45, 2.75) is 26.2 Å².